The second kappa shape index (κ2) is 6.93. The molecule has 2 rings (SSSR count). The highest BCUT2D eigenvalue weighted by molar-refractivity contribution is 5.67. The molecule has 0 saturated heterocycles. The van der Waals surface area contributed by atoms with Crippen molar-refractivity contribution in [3.63, 3.8) is 0 Å². The van der Waals surface area contributed by atoms with Crippen LogP contribution in [0.2, 0.25) is 0 Å². The van der Waals surface area contributed by atoms with E-state index in [-0.39, 0.29) is 11.8 Å². The summed E-state index contributed by atoms with van der Waals surface area (Å²) in [5.41, 5.74) is 0.934. The first kappa shape index (κ1) is 18.4. The van der Waals surface area contributed by atoms with Crippen LogP contribution in [0.5, 0.6) is 5.75 Å². The number of carbonyl (C=O) groups is 1. The molecule has 0 fully saturated rings. The lowest BCUT2D eigenvalue weighted by Crippen LogP contribution is -2.45. The topological polar surface area (TPSA) is 70.6 Å². The maximum absolute atomic E-state index is 13.9. The summed E-state index contributed by atoms with van der Waals surface area (Å²) in [5.74, 6) is -2.90. The number of aromatic hydroxyl groups is 1. The van der Waals surface area contributed by atoms with Crippen LogP contribution in [0.1, 0.15) is 44.4 Å². The lowest BCUT2D eigenvalue weighted by molar-refractivity contribution is -0.00559. The third-order valence-corrected chi connectivity index (χ3v) is 3.74. The van der Waals surface area contributed by atoms with Crippen molar-refractivity contribution in [2.75, 3.05) is 13.1 Å². The Hall–Kier alpha value is -1.89. The van der Waals surface area contributed by atoms with Gasteiger partial charge in [-0.1, -0.05) is 12.1 Å². The van der Waals surface area contributed by atoms with Crippen molar-refractivity contribution in [3.8, 4) is 5.75 Å². The molecule has 1 aliphatic rings. The highest BCUT2D eigenvalue weighted by atomic mass is 19.3. The second-order valence-corrected chi connectivity index (χ2v) is 7.03. The van der Waals surface area contributed by atoms with Crippen LogP contribution in [0.4, 0.5) is 13.6 Å². The van der Waals surface area contributed by atoms with Crippen LogP contribution in [0.25, 0.3) is 0 Å². The molecule has 24 heavy (non-hydrogen) atoms. The van der Waals surface area contributed by atoms with Crippen LogP contribution < -0.4 is 10.6 Å². The third-order valence-electron chi connectivity index (χ3n) is 3.74. The molecule has 1 atom stereocenters. The average molecular weight is 342 g/mol. The van der Waals surface area contributed by atoms with Crippen LogP contribution in [-0.2, 0) is 11.2 Å². The minimum atomic E-state index is -3.10. The van der Waals surface area contributed by atoms with E-state index in [1.807, 2.05) is 6.07 Å². The molecule has 0 spiro atoms. The molecular weight excluding hydrogens is 318 g/mol. The van der Waals surface area contributed by atoms with Gasteiger partial charge in [0.25, 0.3) is 5.92 Å². The monoisotopic (exact) mass is 342 g/mol. The number of rotatable bonds is 5. The lowest BCUT2D eigenvalue weighted by Gasteiger charge is -2.23. The zero-order valence-corrected chi connectivity index (χ0v) is 14.2. The maximum atomic E-state index is 13.9. The quantitative estimate of drug-likeness (QED) is 0.769. The number of ether oxygens (including phenoxy) is 1. The molecule has 0 heterocycles. The number of amides is 1. The smallest absolute Gasteiger partial charge is 0.407 e. The summed E-state index contributed by atoms with van der Waals surface area (Å²) in [5, 5.41) is 14.7. The van der Waals surface area contributed by atoms with Crippen molar-refractivity contribution in [2.24, 2.45) is 0 Å². The van der Waals surface area contributed by atoms with Gasteiger partial charge in [-0.2, -0.15) is 0 Å². The number of phenols is 1. The van der Waals surface area contributed by atoms with Crippen molar-refractivity contribution in [2.45, 2.75) is 51.2 Å². The number of alkyl halides is 2. The van der Waals surface area contributed by atoms with Crippen molar-refractivity contribution < 1.29 is 23.4 Å². The molecule has 7 heteroatoms. The standard InChI is InChI=1S/C17H24F2N2O3/c1-16(2,3)24-15(23)21-10-17(18,19)9-20-13-8-7-12-11(13)5-4-6-14(12)22/h4-6,13,20,22H,7-10H2,1-3H3,(H,21,23). The van der Waals surface area contributed by atoms with Crippen LogP contribution in [0, 0.1) is 0 Å². The minimum absolute atomic E-state index is 0.204. The van der Waals surface area contributed by atoms with E-state index in [1.165, 1.54) is 0 Å². The van der Waals surface area contributed by atoms with E-state index in [0.717, 1.165) is 11.1 Å². The van der Waals surface area contributed by atoms with Crippen LogP contribution in [-0.4, -0.2) is 35.8 Å². The van der Waals surface area contributed by atoms with Crippen LogP contribution in [0.15, 0.2) is 18.2 Å². The number of nitrogens with one attached hydrogen (secondary N) is 2. The van der Waals surface area contributed by atoms with E-state index < -0.39 is 30.7 Å². The number of hydrogen-bond donors (Lipinski definition) is 3. The van der Waals surface area contributed by atoms with Crippen LogP contribution in [0.3, 0.4) is 0 Å². The fourth-order valence-corrected chi connectivity index (χ4v) is 2.70. The number of phenolic OH excluding ortho intramolecular Hbond substituents is 1. The van der Waals surface area contributed by atoms with Gasteiger partial charge in [0.1, 0.15) is 11.4 Å². The molecule has 134 valence electrons. The molecule has 5 nitrogen and oxygen atoms in total. The molecule has 1 aromatic carbocycles. The molecular formula is C17H24F2N2O3. The van der Waals surface area contributed by atoms with Gasteiger partial charge in [-0.25, -0.2) is 13.6 Å². The summed E-state index contributed by atoms with van der Waals surface area (Å²) in [6, 6.07) is 4.91. The molecule has 1 aliphatic carbocycles. The first-order valence-electron chi connectivity index (χ1n) is 7.96. The van der Waals surface area contributed by atoms with Crippen molar-refractivity contribution in [1.29, 1.82) is 0 Å². The fourth-order valence-electron chi connectivity index (χ4n) is 2.70. The first-order valence-corrected chi connectivity index (χ1v) is 7.96. The van der Waals surface area contributed by atoms with Gasteiger partial charge in [-0.3, -0.25) is 0 Å². The zero-order valence-electron chi connectivity index (χ0n) is 14.2. The average Bonchev–Trinajstić information content (AvgIpc) is 2.86. The zero-order chi connectivity index (χ0) is 18.0. The Bertz CT molecular complexity index is 600. The number of carbonyl (C=O) groups excluding carboxylic acids is 1. The van der Waals surface area contributed by atoms with Crippen LogP contribution >= 0.6 is 0 Å². The Balaban J connectivity index is 1.84. The molecule has 0 aliphatic heterocycles. The van der Waals surface area contributed by atoms with Gasteiger partial charge in [0.05, 0.1) is 13.1 Å². The molecule has 0 radical (unpaired) electrons. The predicted octanol–water partition coefficient (Wildman–Crippen LogP) is 3.13. The number of benzene rings is 1. The highest BCUT2D eigenvalue weighted by Gasteiger charge is 2.33. The van der Waals surface area contributed by atoms with Crippen molar-refractivity contribution in [3.05, 3.63) is 29.3 Å². The SMILES string of the molecule is CC(C)(C)OC(=O)NCC(F)(F)CNC1CCc2c(O)cccc21. The maximum Gasteiger partial charge on any atom is 0.407 e. The third kappa shape index (κ3) is 5.06. The Morgan fingerprint density at radius 1 is 1.33 bits per heavy atom. The Labute approximate surface area is 140 Å². The molecule has 0 bridgehead atoms. The largest absolute Gasteiger partial charge is 0.508 e. The lowest BCUT2D eigenvalue weighted by atomic mass is 10.1. The summed E-state index contributed by atoms with van der Waals surface area (Å²) in [7, 11) is 0. The predicted molar refractivity (Wildman–Crippen MR) is 86.4 cm³/mol. The van der Waals surface area contributed by atoms with Gasteiger partial charge in [0, 0.05) is 6.04 Å². The number of hydrogen-bond acceptors (Lipinski definition) is 4. The molecule has 1 amide bonds. The Kier molecular flexibility index (Phi) is 5.32. The van der Waals surface area contributed by atoms with E-state index in [9.17, 15) is 18.7 Å². The molecule has 1 aromatic rings. The summed E-state index contributed by atoms with van der Waals surface area (Å²) >= 11 is 0. The first-order chi connectivity index (χ1) is 11.1. The van der Waals surface area contributed by atoms with E-state index in [0.29, 0.717) is 12.8 Å². The number of alkyl carbamates (subject to hydrolysis) is 1. The van der Waals surface area contributed by atoms with E-state index in [1.54, 1.807) is 32.9 Å². The molecule has 3 N–H and O–H groups in total. The van der Waals surface area contributed by atoms with Gasteiger partial charge < -0.3 is 20.5 Å². The summed E-state index contributed by atoms with van der Waals surface area (Å²) in [4.78, 5) is 11.5. The Morgan fingerprint density at radius 3 is 2.71 bits per heavy atom. The van der Waals surface area contributed by atoms with Gasteiger partial charge in [0.15, 0.2) is 0 Å². The Morgan fingerprint density at radius 2 is 2.04 bits per heavy atom. The van der Waals surface area contributed by atoms with Gasteiger partial charge in [-0.05, 0) is 50.8 Å². The normalized spacial score (nSPS) is 17.5. The van der Waals surface area contributed by atoms with E-state index in [2.05, 4.69) is 10.6 Å². The summed E-state index contributed by atoms with van der Waals surface area (Å²) in [6.07, 6.45) is 0.447. The number of fused-ring (bicyclic) bond motifs is 1. The molecule has 1 unspecified atom stereocenters. The van der Waals surface area contributed by atoms with Gasteiger partial charge in [-0.15, -0.1) is 0 Å². The van der Waals surface area contributed by atoms with E-state index >= 15 is 0 Å². The van der Waals surface area contributed by atoms with Crippen molar-refractivity contribution >= 4 is 6.09 Å². The number of halogens is 2. The fraction of sp³-hybridized carbons (Fsp3) is 0.588. The second-order valence-electron chi connectivity index (χ2n) is 7.03. The summed E-state index contributed by atoms with van der Waals surface area (Å²) < 4.78 is 32.8. The van der Waals surface area contributed by atoms with Gasteiger partial charge >= 0.3 is 6.09 Å². The highest BCUT2D eigenvalue weighted by Crippen LogP contribution is 2.36. The minimum Gasteiger partial charge on any atom is -0.508 e. The summed E-state index contributed by atoms with van der Waals surface area (Å²) in [6.45, 7) is 3.63. The van der Waals surface area contributed by atoms with Gasteiger partial charge in [0.2, 0.25) is 0 Å². The van der Waals surface area contributed by atoms with Crippen molar-refractivity contribution in [1.82, 2.24) is 10.6 Å². The van der Waals surface area contributed by atoms with E-state index in [4.69, 9.17) is 4.74 Å². The molecule has 0 aromatic heterocycles. The molecule has 0 saturated carbocycles.